The molecule has 0 aromatic heterocycles. The van der Waals surface area contributed by atoms with Gasteiger partial charge in [-0.05, 0) is 42.3 Å². The van der Waals surface area contributed by atoms with Gasteiger partial charge in [-0.25, -0.2) is 0 Å². The third-order valence-corrected chi connectivity index (χ3v) is 3.83. The predicted octanol–water partition coefficient (Wildman–Crippen LogP) is 3.66. The quantitative estimate of drug-likeness (QED) is 0.753. The normalized spacial score (nSPS) is 11.0. The van der Waals surface area contributed by atoms with Crippen LogP contribution >= 0.6 is 11.6 Å². The predicted molar refractivity (Wildman–Crippen MR) is 94.8 cm³/mol. The zero-order valence-corrected chi connectivity index (χ0v) is 14.9. The van der Waals surface area contributed by atoms with Crippen molar-refractivity contribution in [1.29, 1.82) is 0 Å². The van der Waals surface area contributed by atoms with E-state index in [0.29, 0.717) is 18.2 Å². The molecule has 2 N–H and O–H groups in total. The van der Waals surface area contributed by atoms with Gasteiger partial charge in [-0.15, -0.1) is 0 Å². The summed E-state index contributed by atoms with van der Waals surface area (Å²) in [5.41, 5.74) is -0.773. The molecule has 144 valence electrons. The molecule has 2 aromatic rings. The van der Waals surface area contributed by atoms with Crippen LogP contribution in [0.2, 0.25) is 5.02 Å². The summed E-state index contributed by atoms with van der Waals surface area (Å²) in [6.45, 7) is 0.144. The average molecular weight is 401 g/mol. The monoisotopic (exact) mass is 400 g/mol. The van der Waals surface area contributed by atoms with Gasteiger partial charge < -0.3 is 15.4 Å². The number of nitrogens with one attached hydrogen (secondary N) is 2. The van der Waals surface area contributed by atoms with Crippen molar-refractivity contribution in [3.05, 3.63) is 58.6 Å². The third-order valence-electron chi connectivity index (χ3n) is 3.60. The number of amides is 2. The Hall–Kier alpha value is -2.74. The highest BCUT2D eigenvalue weighted by Crippen LogP contribution is 2.36. The molecule has 0 heterocycles. The minimum Gasteiger partial charge on any atom is -0.497 e. The standard InChI is InChI=1S/C18H16ClF3N2O3/c1-27-13-5-2-11(3-6-13)8-9-23-16(25)17(26)24-15-7-4-12(19)10-14(15)18(20,21)22/h2-7,10H,8-9H2,1H3,(H,23,25)(H,24,26). The number of benzene rings is 2. The van der Waals surface area contributed by atoms with E-state index in [4.69, 9.17) is 16.3 Å². The maximum atomic E-state index is 13.0. The minimum absolute atomic E-state index is 0.135. The van der Waals surface area contributed by atoms with Gasteiger partial charge in [-0.2, -0.15) is 13.2 Å². The minimum atomic E-state index is -4.72. The number of carbonyl (C=O) groups is 2. The molecule has 27 heavy (non-hydrogen) atoms. The van der Waals surface area contributed by atoms with Crippen LogP contribution in [-0.4, -0.2) is 25.5 Å². The first kappa shape index (κ1) is 20.6. The molecule has 2 rings (SSSR count). The summed E-state index contributed by atoms with van der Waals surface area (Å²) in [6, 6.07) is 9.97. The van der Waals surface area contributed by atoms with E-state index in [-0.39, 0.29) is 11.6 Å². The SMILES string of the molecule is COc1ccc(CCNC(=O)C(=O)Nc2ccc(Cl)cc2C(F)(F)F)cc1. The van der Waals surface area contributed by atoms with E-state index in [9.17, 15) is 22.8 Å². The van der Waals surface area contributed by atoms with Crippen LogP contribution in [0.1, 0.15) is 11.1 Å². The second-order valence-electron chi connectivity index (χ2n) is 5.50. The lowest BCUT2D eigenvalue weighted by Gasteiger charge is -2.14. The number of halogens is 4. The highest BCUT2D eigenvalue weighted by molar-refractivity contribution is 6.39. The molecule has 2 amide bonds. The highest BCUT2D eigenvalue weighted by atomic mass is 35.5. The summed E-state index contributed by atoms with van der Waals surface area (Å²) >= 11 is 5.57. The summed E-state index contributed by atoms with van der Waals surface area (Å²) in [5.74, 6) is -1.55. The van der Waals surface area contributed by atoms with Gasteiger partial charge in [0.1, 0.15) is 5.75 Å². The summed E-state index contributed by atoms with van der Waals surface area (Å²) in [4.78, 5) is 23.7. The number of methoxy groups -OCH3 is 1. The smallest absolute Gasteiger partial charge is 0.418 e. The first-order chi connectivity index (χ1) is 12.7. The zero-order chi connectivity index (χ0) is 20.0. The molecule has 0 fully saturated rings. The highest BCUT2D eigenvalue weighted by Gasteiger charge is 2.34. The van der Waals surface area contributed by atoms with Crippen molar-refractivity contribution in [3.63, 3.8) is 0 Å². The van der Waals surface area contributed by atoms with Crippen LogP contribution in [0.15, 0.2) is 42.5 Å². The summed E-state index contributed by atoms with van der Waals surface area (Å²) < 4.78 is 44.0. The molecule has 0 aliphatic rings. The first-order valence-electron chi connectivity index (χ1n) is 7.79. The zero-order valence-electron chi connectivity index (χ0n) is 14.2. The molecule has 2 aromatic carbocycles. The molecule has 0 aliphatic heterocycles. The molecule has 0 unspecified atom stereocenters. The van der Waals surface area contributed by atoms with Gasteiger partial charge in [0.05, 0.1) is 18.4 Å². The third kappa shape index (κ3) is 5.89. The molecule has 0 radical (unpaired) electrons. The lowest BCUT2D eigenvalue weighted by Crippen LogP contribution is -2.36. The van der Waals surface area contributed by atoms with E-state index in [1.807, 2.05) is 5.32 Å². The summed E-state index contributed by atoms with van der Waals surface area (Å²) in [6.07, 6.45) is -4.28. The molecule has 0 saturated carbocycles. The van der Waals surface area contributed by atoms with Crippen molar-refractivity contribution >= 4 is 29.1 Å². The number of anilines is 1. The second-order valence-corrected chi connectivity index (χ2v) is 5.93. The maximum Gasteiger partial charge on any atom is 0.418 e. The van der Waals surface area contributed by atoms with E-state index in [0.717, 1.165) is 11.6 Å². The Kier molecular flexibility index (Phi) is 6.68. The topological polar surface area (TPSA) is 67.4 Å². The van der Waals surface area contributed by atoms with Crippen LogP contribution in [0.3, 0.4) is 0 Å². The van der Waals surface area contributed by atoms with Gasteiger partial charge in [0.15, 0.2) is 0 Å². The number of alkyl halides is 3. The molecular formula is C18H16ClF3N2O3. The molecule has 0 bridgehead atoms. The van der Waals surface area contributed by atoms with Gasteiger partial charge in [0.2, 0.25) is 0 Å². The number of rotatable bonds is 5. The lowest BCUT2D eigenvalue weighted by atomic mass is 10.1. The van der Waals surface area contributed by atoms with E-state index < -0.39 is 29.2 Å². The Morgan fingerprint density at radius 3 is 2.33 bits per heavy atom. The number of carbonyl (C=O) groups excluding carboxylic acids is 2. The first-order valence-corrected chi connectivity index (χ1v) is 8.17. The Morgan fingerprint density at radius 2 is 1.74 bits per heavy atom. The molecule has 9 heteroatoms. The molecule has 5 nitrogen and oxygen atoms in total. The van der Waals surface area contributed by atoms with Crippen molar-refractivity contribution in [2.45, 2.75) is 12.6 Å². The van der Waals surface area contributed by atoms with Gasteiger partial charge in [-0.3, -0.25) is 9.59 Å². The van der Waals surface area contributed by atoms with Crippen molar-refractivity contribution in [3.8, 4) is 5.75 Å². The van der Waals surface area contributed by atoms with Crippen molar-refractivity contribution in [1.82, 2.24) is 5.32 Å². The molecule has 0 aliphatic carbocycles. The number of ether oxygens (including phenoxy) is 1. The van der Waals surface area contributed by atoms with Gasteiger partial charge in [-0.1, -0.05) is 23.7 Å². The van der Waals surface area contributed by atoms with Crippen LogP contribution < -0.4 is 15.4 Å². The van der Waals surface area contributed by atoms with Crippen molar-refractivity contribution in [2.24, 2.45) is 0 Å². The van der Waals surface area contributed by atoms with E-state index in [1.165, 1.54) is 6.07 Å². The lowest BCUT2D eigenvalue weighted by molar-refractivity contribution is -0.138. The largest absolute Gasteiger partial charge is 0.497 e. The van der Waals surface area contributed by atoms with Crippen LogP contribution in [0.4, 0.5) is 18.9 Å². The molecule has 0 spiro atoms. The molecule has 0 atom stereocenters. The Morgan fingerprint density at radius 1 is 1.07 bits per heavy atom. The Balaban J connectivity index is 1.93. The Bertz CT molecular complexity index is 824. The van der Waals surface area contributed by atoms with Crippen LogP contribution in [0.25, 0.3) is 0 Å². The number of hydrogen-bond acceptors (Lipinski definition) is 3. The van der Waals surface area contributed by atoms with Crippen molar-refractivity contribution in [2.75, 3.05) is 19.0 Å². The molecular weight excluding hydrogens is 385 g/mol. The van der Waals surface area contributed by atoms with E-state index in [1.54, 1.807) is 31.4 Å². The van der Waals surface area contributed by atoms with E-state index >= 15 is 0 Å². The summed E-state index contributed by atoms with van der Waals surface area (Å²) in [5, 5.41) is 4.19. The summed E-state index contributed by atoms with van der Waals surface area (Å²) in [7, 11) is 1.54. The van der Waals surface area contributed by atoms with Crippen LogP contribution in [0.5, 0.6) is 5.75 Å². The fraction of sp³-hybridized carbons (Fsp3) is 0.222. The van der Waals surface area contributed by atoms with Crippen LogP contribution in [-0.2, 0) is 22.2 Å². The van der Waals surface area contributed by atoms with Crippen molar-refractivity contribution < 1.29 is 27.5 Å². The Labute approximate surface area is 158 Å². The van der Waals surface area contributed by atoms with Gasteiger partial charge >= 0.3 is 18.0 Å². The molecule has 0 saturated heterocycles. The number of hydrogen-bond donors (Lipinski definition) is 2. The fourth-order valence-electron chi connectivity index (χ4n) is 2.23. The average Bonchev–Trinajstić information content (AvgIpc) is 2.62. The van der Waals surface area contributed by atoms with Crippen LogP contribution in [0, 0.1) is 0 Å². The van der Waals surface area contributed by atoms with Gasteiger partial charge in [0, 0.05) is 11.6 Å². The fourth-order valence-corrected chi connectivity index (χ4v) is 2.40. The maximum absolute atomic E-state index is 13.0. The van der Waals surface area contributed by atoms with Gasteiger partial charge in [0.25, 0.3) is 0 Å². The van der Waals surface area contributed by atoms with E-state index in [2.05, 4.69) is 5.32 Å². The second kappa shape index (κ2) is 8.77.